The van der Waals surface area contributed by atoms with Gasteiger partial charge < -0.3 is 20.7 Å². The number of nitrogens with one attached hydrogen (secondary N) is 3. The van der Waals surface area contributed by atoms with Gasteiger partial charge in [0.2, 0.25) is 5.91 Å². The molecule has 0 radical (unpaired) electrons. The van der Waals surface area contributed by atoms with Gasteiger partial charge >= 0.3 is 6.18 Å². The summed E-state index contributed by atoms with van der Waals surface area (Å²) in [5.74, 6) is 1.37. The summed E-state index contributed by atoms with van der Waals surface area (Å²) < 4.78 is 41.1. The van der Waals surface area contributed by atoms with Gasteiger partial charge in [-0.2, -0.15) is 13.2 Å². The first-order chi connectivity index (χ1) is 13.9. The van der Waals surface area contributed by atoms with Crippen LogP contribution in [0.1, 0.15) is 37.7 Å². The lowest BCUT2D eigenvalue weighted by molar-refractivity contribution is -0.153. The molecule has 0 spiro atoms. The third-order valence-corrected chi connectivity index (χ3v) is 4.70. The van der Waals surface area contributed by atoms with Crippen LogP contribution in [0.25, 0.3) is 0 Å². The molecule has 162 valence electrons. The minimum Gasteiger partial charge on any atom is -0.484 e. The zero-order chi connectivity index (χ0) is 21.1. The molecule has 2 rings (SSSR count). The molecule has 0 saturated heterocycles. The molecule has 1 aromatic carbocycles. The smallest absolute Gasteiger partial charge is 0.422 e. The van der Waals surface area contributed by atoms with Gasteiger partial charge in [0.15, 0.2) is 12.6 Å². The molecule has 1 aromatic rings. The van der Waals surface area contributed by atoms with Crippen LogP contribution in [0.5, 0.6) is 5.75 Å². The normalized spacial score (nSPS) is 15.2. The lowest BCUT2D eigenvalue weighted by atomic mass is 10.0. The highest BCUT2D eigenvalue weighted by atomic mass is 19.4. The van der Waals surface area contributed by atoms with Gasteiger partial charge in [0.05, 0.1) is 0 Å². The Labute approximate surface area is 169 Å². The van der Waals surface area contributed by atoms with Gasteiger partial charge in [0, 0.05) is 33.1 Å². The standard InChI is InChI=1S/C20H29F3N4O2/c1-24-19(26-11-10-25-18(28)12-15-4-2-3-5-15)27-13-16-6-8-17(9-7-16)29-14-20(21,22)23/h6-9,15H,2-5,10-14H2,1H3,(H,25,28)(H2,24,26,27). The zero-order valence-electron chi connectivity index (χ0n) is 16.6. The number of nitrogens with zero attached hydrogens (tertiary/aromatic N) is 1. The van der Waals surface area contributed by atoms with Crippen molar-refractivity contribution in [3.63, 3.8) is 0 Å². The van der Waals surface area contributed by atoms with Crippen molar-refractivity contribution >= 4 is 11.9 Å². The van der Waals surface area contributed by atoms with E-state index in [1.165, 1.54) is 25.0 Å². The average molecular weight is 414 g/mol. The molecule has 0 atom stereocenters. The molecular formula is C20H29F3N4O2. The van der Waals surface area contributed by atoms with Crippen LogP contribution >= 0.6 is 0 Å². The van der Waals surface area contributed by atoms with Crippen molar-refractivity contribution in [1.82, 2.24) is 16.0 Å². The average Bonchev–Trinajstić information content (AvgIpc) is 3.19. The van der Waals surface area contributed by atoms with Gasteiger partial charge in [-0.05, 0) is 36.5 Å². The Balaban J connectivity index is 1.62. The highest BCUT2D eigenvalue weighted by Crippen LogP contribution is 2.27. The molecule has 0 heterocycles. The number of ether oxygens (including phenoxy) is 1. The van der Waals surface area contributed by atoms with Gasteiger partial charge in [0.1, 0.15) is 5.75 Å². The van der Waals surface area contributed by atoms with Crippen LogP contribution < -0.4 is 20.7 Å². The Morgan fingerprint density at radius 3 is 2.38 bits per heavy atom. The van der Waals surface area contributed by atoms with E-state index in [-0.39, 0.29) is 11.7 Å². The van der Waals surface area contributed by atoms with Crippen LogP contribution in [0.3, 0.4) is 0 Å². The number of halogens is 3. The third kappa shape index (κ3) is 9.54. The van der Waals surface area contributed by atoms with Crippen LogP contribution in [0.4, 0.5) is 13.2 Å². The van der Waals surface area contributed by atoms with Crippen molar-refractivity contribution in [2.45, 2.75) is 44.8 Å². The van der Waals surface area contributed by atoms with Gasteiger partial charge in [-0.3, -0.25) is 9.79 Å². The molecule has 1 saturated carbocycles. The van der Waals surface area contributed by atoms with Crippen LogP contribution in [0.2, 0.25) is 0 Å². The first kappa shape index (κ1) is 22.8. The first-order valence-corrected chi connectivity index (χ1v) is 9.85. The number of guanidine groups is 1. The fourth-order valence-electron chi connectivity index (χ4n) is 3.21. The summed E-state index contributed by atoms with van der Waals surface area (Å²) >= 11 is 0. The summed E-state index contributed by atoms with van der Waals surface area (Å²) in [7, 11) is 1.64. The summed E-state index contributed by atoms with van der Waals surface area (Å²) in [4.78, 5) is 16.0. The van der Waals surface area contributed by atoms with E-state index < -0.39 is 12.8 Å². The summed E-state index contributed by atoms with van der Waals surface area (Å²) in [5.41, 5.74) is 0.872. The number of rotatable bonds is 9. The summed E-state index contributed by atoms with van der Waals surface area (Å²) in [6.45, 7) is 0.198. The highest BCUT2D eigenvalue weighted by molar-refractivity contribution is 5.80. The third-order valence-electron chi connectivity index (χ3n) is 4.70. The van der Waals surface area contributed by atoms with Gasteiger partial charge in [-0.15, -0.1) is 0 Å². The molecule has 9 heteroatoms. The molecule has 1 aliphatic carbocycles. The molecule has 6 nitrogen and oxygen atoms in total. The van der Waals surface area contributed by atoms with Crippen LogP contribution in [-0.4, -0.2) is 44.8 Å². The maximum atomic E-state index is 12.2. The lowest BCUT2D eigenvalue weighted by Gasteiger charge is -2.14. The number of amides is 1. The molecule has 29 heavy (non-hydrogen) atoms. The largest absolute Gasteiger partial charge is 0.484 e. The molecule has 1 fully saturated rings. The van der Waals surface area contributed by atoms with Crippen molar-refractivity contribution in [3.8, 4) is 5.75 Å². The number of benzene rings is 1. The number of aliphatic imine (C=N–C) groups is 1. The maximum Gasteiger partial charge on any atom is 0.422 e. The Bertz CT molecular complexity index is 657. The second-order valence-corrected chi connectivity index (χ2v) is 7.10. The minimum absolute atomic E-state index is 0.0921. The van der Waals surface area contributed by atoms with Crippen molar-refractivity contribution in [2.75, 3.05) is 26.7 Å². The molecule has 0 unspecified atom stereocenters. The maximum absolute atomic E-state index is 12.2. The number of carbonyl (C=O) groups excluding carboxylic acids is 1. The number of hydrogen-bond donors (Lipinski definition) is 3. The monoisotopic (exact) mass is 414 g/mol. The van der Waals surface area contributed by atoms with E-state index >= 15 is 0 Å². The van der Waals surface area contributed by atoms with Crippen LogP contribution in [0, 0.1) is 5.92 Å². The van der Waals surface area contributed by atoms with E-state index in [2.05, 4.69) is 25.7 Å². The highest BCUT2D eigenvalue weighted by Gasteiger charge is 2.28. The molecule has 0 aliphatic heterocycles. The topological polar surface area (TPSA) is 74.8 Å². The first-order valence-electron chi connectivity index (χ1n) is 9.85. The zero-order valence-corrected chi connectivity index (χ0v) is 16.6. The molecule has 1 amide bonds. The summed E-state index contributed by atoms with van der Waals surface area (Å²) in [6, 6.07) is 6.38. The van der Waals surface area contributed by atoms with E-state index in [1.807, 2.05) is 0 Å². The predicted octanol–water partition coefficient (Wildman–Crippen LogP) is 2.99. The number of alkyl halides is 3. The van der Waals surface area contributed by atoms with Gasteiger partial charge in [-0.1, -0.05) is 25.0 Å². The molecule has 0 bridgehead atoms. The summed E-state index contributed by atoms with van der Waals surface area (Å²) in [6.07, 6.45) is 1.01. The second-order valence-electron chi connectivity index (χ2n) is 7.10. The van der Waals surface area contributed by atoms with E-state index in [1.54, 1.807) is 19.2 Å². The van der Waals surface area contributed by atoms with E-state index in [4.69, 9.17) is 0 Å². The summed E-state index contributed by atoms with van der Waals surface area (Å²) in [5, 5.41) is 9.14. The SMILES string of the molecule is CN=C(NCCNC(=O)CC1CCCC1)NCc1ccc(OCC(F)(F)F)cc1. The molecule has 1 aliphatic rings. The molecule has 3 N–H and O–H groups in total. The Morgan fingerprint density at radius 1 is 1.10 bits per heavy atom. The number of hydrogen-bond acceptors (Lipinski definition) is 3. The Morgan fingerprint density at radius 2 is 1.76 bits per heavy atom. The molecular weight excluding hydrogens is 385 g/mol. The fourth-order valence-corrected chi connectivity index (χ4v) is 3.21. The quantitative estimate of drug-likeness (QED) is 0.330. The van der Waals surface area contributed by atoms with E-state index in [9.17, 15) is 18.0 Å². The van der Waals surface area contributed by atoms with Crippen molar-refractivity contribution in [1.29, 1.82) is 0 Å². The Kier molecular flexibility index (Phi) is 9.08. The van der Waals surface area contributed by atoms with Gasteiger partial charge in [0.25, 0.3) is 0 Å². The minimum atomic E-state index is -4.35. The van der Waals surface area contributed by atoms with Crippen LogP contribution in [0.15, 0.2) is 29.3 Å². The second kappa shape index (κ2) is 11.5. The van der Waals surface area contributed by atoms with Crippen molar-refractivity contribution in [2.24, 2.45) is 10.9 Å². The van der Waals surface area contributed by atoms with E-state index in [0.29, 0.717) is 37.9 Å². The van der Waals surface area contributed by atoms with E-state index in [0.717, 1.165) is 18.4 Å². The van der Waals surface area contributed by atoms with Crippen molar-refractivity contribution < 1.29 is 22.7 Å². The fraction of sp³-hybridized carbons (Fsp3) is 0.600. The predicted molar refractivity (Wildman–Crippen MR) is 106 cm³/mol. The number of carbonyl (C=O) groups is 1. The lowest BCUT2D eigenvalue weighted by Crippen LogP contribution is -2.41. The van der Waals surface area contributed by atoms with Crippen LogP contribution in [-0.2, 0) is 11.3 Å². The van der Waals surface area contributed by atoms with Gasteiger partial charge in [-0.25, -0.2) is 0 Å². The van der Waals surface area contributed by atoms with Crippen molar-refractivity contribution in [3.05, 3.63) is 29.8 Å². The Hall–Kier alpha value is -2.45. The molecule has 0 aromatic heterocycles.